The first kappa shape index (κ1) is 19.1. The summed E-state index contributed by atoms with van der Waals surface area (Å²) in [6.07, 6.45) is 0. The second kappa shape index (κ2) is 6.06. The summed E-state index contributed by atoms with van der Waals surface area (Å²) in [5.74, 6) is 1.51. The van der Waals surface area contributed by atoms with Gasteiger partial charge in [-0.05, 0) is 69.6 Å². The molecule has 2 aromatic heterocycles. The summed E-state index contributed by atoms with van der Waals surface area (Å²) in [5.41, 5.74) is 6.29. The van der Waals surface area contributed by atoms with Gasteiger partial charge in [-0.1, -0.05) is 48.5 Å². The molecule has 0 N–H and O–H groups in total. The van der Waals surface area contributed by atoms with Crippen molar-refractivity contribution in [1.29, 1.82) is 0 Å². The molecule has 5 aromatic carbocycles. The van der Waals surface area contributed by atoms with Crippen LogP contribution in [-0.4, -0.2) is 15.8 Å². The molecule has 0 fully saturated rings. The number of hydrogen-bond donors (Lipinski definition) is 0. The molecular formula is C32H15BN2O3. The Balaban J connectivity index is 1.57. The minimum Gasteiger partial charge on any atom is -0.458 e. The van der Waals surface area contributed by atoms with E-state index in [0.717, 1.165) is 71.8 Å². The summed E-state index contributed by atoms with van der Waals surface area (Å²) in [6.45, 7) is -0.145. The van der Waals surface area contributed by atoms with Gasteiger partial charge in [-0.25, -0.2) is 0 Å². The second-order valence-electron chi connectivity index (χ2n) is 10.4. The third kappa shape index (κ3) is 1.89. The summed E-state index contributed by atoms with van der Waals surface area (Å²) in [4.78, 5) is 28.3. The van der Waals surface area contributed by atoms with Crippen LogP contribution in [0.15, 0.2) is 101 Å². The van der Waals surface area contributed by atoms with Gasteiger partial charge in [-0.3, -0.25) is 18.7 Å². The van der Waals surface area contributed by atoms with E-state index < -0.39 is 0 Å². The van der Waals surface area contributed by atoms with E-state index in [1.807, 2.05) is 81.9 Å². The van der Waals surface area contributed by atoms with Crippen LogP contribution in [-0.2, 0) is 0 Å². The Hall–Kier alpha value is -5.10. The van der Waals surface area contributed by atoms with Crippen molar-refractivity contribution >= 4 is 66.5 Å². The molecule has 0 bridgehead atoms. The summed E-state index contributed by atoms with van der Waals surface area (Å²) in [7, 11) is 0. The number of fused-ring (bicyclic) bond motifs is 6. The van der Waals surface area contributed by atoms with Gasteiger partial charge in [0.25, 0.3) is 17.8 Å². The quantitative estimate of drug-likeness (QED) is 0.242. The molecule has 38 heavy (non-hydrogen) atoms. The molecule has 7 aromatic rings. The van der Waals surface area contributed by atoms with E-state index in [-0.39, 0.29) is 17.8 Å². The molecule has 174 valence electrons. The van der Waals surface area contributed by atoms with Gasteiger partial charge in [0.2, 0.25) is 0 Å². The fraction of sp³-hybridized carbons (Fsp3) is 0. The maximum absolute atomic E-state index is 14.2. The van der Waals surface area contributed by atoms with Crippen molar-refractivity contribution in [2.24, 2.45) is 0 Å². The topological polar surface area (TPSA) is 53.2 Å². The molecule has 6 heteroatoms. The number of rotatable bonds is 0. The van der Waals surface area contributed by atoms with Gasteiger partial charge in [-0.15, -0.1) is 0 Å². The van der Waals surface area contributed by atoms with E-state index >= 15 is 0 Å². The highest BCUT2D eigenvalue weighted by Crippen LogP contribution is 2.39. The van der Waals surface area contributed by atoms with Gasteiger partial charge in [0.15, 0.2) is 0 Å². The Labute approximate surface area is 214 Å². The third-order valence-corrected chi connectivity index (χ3v) is 8.73. The van der Waals surface area contributed by atoms with Crippen molar-refractivity contribution in [3.05, 3.63) is 112 Å². The van der Waals surface area contributed by atoms with Crippen LogP contribution in [0.5, 0.6) is 11.5 Å². The third-order valence-electron chi connectivity index (χ3n) is 8.73. The smallest absolute Gasteiger partial charge is 0.263 e. The largest absolute Gasteiger partial charge is 0.458 e. The summed E-state index contributed by atoms with van der Waals surface area (Å²) in [5, 5.41) is 5.25. The lowest BCUT2D eigenvalue weighted by Gasteiger charge is -2.39. The molecule has 10 rings (SSSR count). The van der Waals surface area contributed by atoms with Crippen LogP contribution in [0.25, 0.3) is 54.7 Å². The molecule has 5 nitrogen and oxygen atoms in total. The lowest BCUT2D eigenvalue weighted by molar-refractivity contribution is 0.487. The fourth-order valence-corrected chi connectivity index (χ4v) is 7.32. The van der Waals surface area contributed by atoms with Crippen molar-refractivity contribution in [2.45, 2.75) is 0 Å². The van der Waals surface area contributed by atoms with Crippen molar-refractivity contribution in [2.75, 3.05) is 0 Å². The Morgan fingerprint density at radius 1 is 0.474 bits per heavy atom. The monoisotopic (exact) mass is 486 g/mol. The molecule has 0 saturated carbocycles. The van der Waals surface area contributed by atoms with Crippen LogP contribution < -0.4 is 32.2 Å². The highest BCUT2D eigenvalue weighted by atomic mass is 16.5. The number of pyridine rings is 2. The molecule has 3 aliphatic rings. The SMILES string of the molecule is O=c1c2ccccc2c2ccc3c4c2n1-c1ccc2c5ccccc5c(=O)n5c2c1B4c1c(cccc1-5)O3. The van der Waals surface area contributed by atoms with Crippen LogP contribution in [0.3, 0.4) is 0 Å². The predicted molar refractivity (Wildman–Crippen MR) is 152 cm³/mol. The normalized spacial score (nSPS) is 13.6. The Morgan fingerprint density at radius 2 is 1.03 bits per heavy atom. The minimum absolute atomic E-state index is 0.0603. The molecule has 0 unspecified atom stereocenters. The fourth-order valence-electron chi connectivity index (χ4n) is 7.32. The first-order chi connectivity index (χ1) is 18.7. The molecule has 0 saturated heterocycles. The van der Waals surface area contributed by atoms with E-state index in [1.54, 1.807) is 0 Å². The maximum atomic E-state index is 14.2. The molecular weight excluding hydrogens is 471 g/mol. The standard InChI is InChI=1S/C32H15BN2O3/c36-31-20-8-3-1-6-16(20)18-12-14-23-27-29(18)34(31)22-10-5-11-24-26(22)33(27)28-25(38-24)15-13-19-17-7-2-4-9-21(17)32(37)35(23)30(19)28/h1-15H. The van der Waals surface area contributed by atoms with E-state index in [0.29, 0.717) is 10.8 Å². The molecule has 0 aliphatic carbocycles. The lowest BCUT2D eigenvalue weighted by Crippen LogP contribution is -2.63. The molecule has 5 heterocycles. The van der Waals surface area contributed by atoms with Crippen LogP contribution in [0.2, 0.25) is 0 Å². The average Bonchev–Trinajstić information content (AvgIpc) is 2.96. The number of benzene rings is 5. The number of hydrogen-bond acceptors (Lipinski definition) is 3. The van der Waals surface area contributed by atoms with Crippen molar-refractivity contribution in [3.63, 3.8) is 0 Å². The molecule has 0 amide bonds. The minimum atomic E-state index is -0.145. The van der Waals surface area contributed by atoms with Crippen LogP contribution in [0.4, 0.5) is 0 Å². The first-order valence-corrected chi connectivity index (χ1v) is 12.7. The zero-order chi connectivity index (χ0) is 24.9. The van der Waals surface area contributed by atoms with Crippen molar-refractivity contribution in [3.8, 4) is 22.9 Å². The van der Waals surface area contributed by atoms with Crippen molar-refractivity contribution < 1.29 is 4.74 Å². The average molecular weight is 486 g/mol. The van der Waals surface area contributed by atoms with E-state index in [2.05, 4.69) is 18.2 Å². The first-order valence-electron chi connectivity index (χ1n) is 12.7. The Bertz CT molecular complexity index is 2440. The van der Waals surface area contributed by atoms with Gasteiger partial charge < -0.3 is 4.74 Å². The van der Waals surface area contributed by atoms with Crippen LogP contribution in [0, 0.1) is 0 Å². The van der Waals surface area contributed by atoms with Crippen LogP contribution in [0.1, 0.15) is 0 Å². The van der Waals surface area contributed by atoms with E-state index in [4.69, 9.17) is 4.74 Å². The van der Waals surface area contributed by atoms with E-state index in [1.165, 1.54) is 0 Å². The summed E-state index contributed by atoms with van der Waals surface area (Å²) >= 11 is 0. The summed E-state index contributed by atoms with van der Waals surface area (Å²) < 4.78 is 10.2. The Morgan fingerprint density at radius 3 is 1.71 bits per heavy atom. The second-order valence-corrected chi connectivity index (χ2v) is 10.4. The van der Waals surface area contributed by atoms with Gasteiger partial charge in [0.1, 0.15) is 11.5 Å². The van der Waals surface area contributed by atoms with E-state index in [9.17, 15) is 9.59 Å². The van der Waals surface area contributed by atoms with Gasteiger partial charge in [-0.2, -0.15) is 0 Å². The van der Waals surface area contributed by atoms with Crippen LogP contribution >= 0.6 is 0 Å². The van der Waals surface area contributed by atoms with Gasteiger partial charge >= 0.3 is 0 Å². The Kier molecular flexibility index (Phi) is 3.04. The number of nitrogens with zero attached hydrogens (tertiary/aromatic N) is 2. The van der Waals surface area contributed by atoms with Crippen molar-refractivity contribution in [1.82, 2.24) is 9.13 Å². The molecule has 3 aliphatic heterocycles. The molecule has 0 atom stereocenters. The zero-order valence-corrected chi connectivity index (χ0v) is 19.9. The molecule has 0 radical (unpaired) electrons. The lowest BCUT2D eigenvalue weighted by atomic mass is 9.33. The maximum Gasteiger partial charge on any atom is 0.263 e. The zero-order valence-electron chi connectivity index (χ0n) is 19.9. The number of aromatic nitrogens is 2. The number of ether oxygens (including phenoxy) is 1. The van der Waals surface area contributed by atoms with Gasteiger partial charge in [0.05, 0.1) is 11.0 Å². The highest BCUT2D eigenvalue weighted by Gasteiger charge is 2.45. The summed E-state index contributed by atoms with van der Waals surface area (Å²) in [6, 6.07) is 29.8. The molecule has 0 spiro atoms. The highest BCUT2D eigenvalue weighted by molar-refractivity contribution is 7.01. The predicted octanol–water partition coefficient (Wildman–Crippen LogP) is 3.85. The van der Waals surface area contributed by atoms with Gasteiger partial charge in [0, 0.05) is 32.9 Å².